The molecule has 0 bridgehead atoms. The number of rotatable bonds is 2. The van der Waals surface area contributed by atoms with Crippen LogP contribution >= 0.6 is 12.4 Å². The van der Waals surface area contributed by atoms with Crippen LogP contribution in [0.25, 0.3) is 0 Å². The van der Waals surface area contributed by atoms with Gasteiger partial charge in [-0.15, -0.1) is 12.4 Å². The lowest BCUT2D eigenvalue weighted by molar-refractivity contribution is -0.139. The summed E-state index contributed by atoms with van der Waals surface area (Å²) in [5.74, 6) is 0.304. The van der Waals surface area contributed by atoms with Gasteiger partial charge in [-0.3, -0.25) is 4.79 Å². The van der Waals surface area contributed by atoms with E-state index in [1.807, 2.05) is 35.2 Å². The lowest BCUT2D eigenvalue weighted by Crippen LogP contribution is -2.55. The van der Waals surface area contributed by atoms with Crippen LogP contribution in [0.2, 0.25) is 0 Å². The zero-order valence-electron chi connectivity index (χ0n) is 14.6. The normalized spacial score (nSPS) is 21.4. The highest BCUT2D eigenvalue weighted by Crippen LogP contribution is 2.22. The molecule has 2 aliphatic rings. The maximum Gasteiger partial charge on any atom is 0.321 e. The van der Waals surface area contributed by atoms with Crippen LogP contribution in [-0.4, -0.2) is 60.5 Å². The van der Waals surface area contributed by atoms with Crippen molar-refractivity contribution >= 4 is 30.0 Å². The Morgan fingerprint density at radius 3 is 2.44 bits per heavy atom. The molecule has 3 amide bonds. The van der Waals surface area contributed by atoms with Crippen molar-refractivity contribution in [2.75, 3.05) is 38.0 Å². The number of piperidine rings is 1. The van der Waals surface area contributed by atoms with Gasteiger partial charge in [0, 0.05) is 50.4 Å². The first kappa shape index (κ1) is 19.5. The van der Waals surface area contributed by atoms with Crippen LogP contribution in [0.15, 0.2) is 30.3 Å². The number of nitrogens with zero attached hydrogens (tertiary/aromatic N) is 2. The fraction of sp³-hybridized carbons (Fsp3) is 0.556. The predicted octanol–water partition coefficient (Wildman–Crippen LogP) is 2.17. The number of amides is 3. The van der Waals surface area contributed by atoms with Crippen LogP contribution in [0.1, 0.15) is 19.8 Å². The van der Waals surface area contributed by atoms with Crippen LogP contribution in [0, 0.1) is 5.92 Å². The third-order valence-electron chi connectivity index (χ3n) is 4.94. The van der Waals surface area contributed by atoms with Crippen molar-refractivity contribution < 1.29 is 9.59 Å². The molecular weight excluding hydrogens is 340 g/mol. The summed E-state index contributed by atoms with van der Waals surface area (Å²) in [7, 11) is 0. The average molecular weight is 367 g/mol. The molecule has 0 radical (unpaired) electrons. The summed E-state index contributed by atoms with van der Waals surface area (Å²) in [6.07, 6.45) is 1.50. The van der Waals surface area contributed by atoms with Crippen LogP contribution in [0.5, 0.6) is 0 Å². The van der Waals surface area contributed by atoms with Gasteiger partial charge in [0.2, 0.25) is 5.91 Å². The number of carbonyl (C=O) groups is 2. The number of benzene rings is 1. The highest BCUT2D eigenvalue weighted by atomic mass is 35.5. The number of carbonyl (C=O) groups excluding carboxylic acids is 2. The second-order valence-corrected chi connectivity index (χ2v) is 6.64. The highest BCUT2D eigenvalue weighted by Gasteiger charge is 2.32. The van der Waals surface area contributed by atoms with Crippen molar-refractivity contribution in [1.82, 2.24) is 15.1 Å². The average Bonchev–Trinajstić information content (AvgIpc) is 2.62. The van der Waals surface area contributed by atoms with Crippen molar-refractivity contribution in [2.24, 2.45) is 5.92 Å². The minimum atomic E-state index is -0.0809. The number of halogens is 1. The van der Waals surface area contributed by atoms with Gasteiger partial charge >= 0.3 is 6.03 Å². The van der Waals surface area contributed by atoms with Crippen LogP contribution in [0.3, 0.4) is 0 Å². The second-order valence-electron chi connectivity index (χ2n) is 6.64. The number of para-hydroxylation sites is 1. The molecular formula is C18H27ClN4O2. The van der Waals surface area contributed by atoms with Gasteiger partial charge in [-0.05, 0) is 31.9 Å². The molecule has 1 atom stereocenters. The summed E-state index contributed by atoms with van der Waals surface area (Å²) in [5, 5.41) is 6.22. The van der Waals surface area contributed by atoms with Crippen molar-refractivity contribution in [3.05, 3.63) is 30.3 Å². The first-order valence-electron chi connectivity index (χ1n) is 8.77. The number of nitrogens with one attached hydrogen (secondary N) is 2. The van der Waals surface area contributed by atoms with Gasteiger partial charge in [0.05, 0.1) is 0 Å². The molecule has 2 aliphatic heterocycles. The zero-order chi connectivity index (χ0) is 16.9. The number of hydrogen-bond acceptors (Lipinski definition) is 3. The lowest BCUT2D eigenvalue weighted by Gasteiger charge is -2.39. The molecule has 0 spiro atoms. The molecule has 2 saturated heterocycles. The second kappa shape index (κ2) is 9.06. The largest absolute Gasteiger partial charge is 0.337 e. The fourth-order valence-electron chi connectivity index (χ4n) is 3.46. The predicted molar refractivity (Wildman–Crippen MR) is 101 cm³/mol. The summed E-state index contributed by atoms with van der Waals surface area (Å²) < 4.78 is 0. The molecule has 7 heteroatoms. The molecule has 1 aromatic rings. The quantitative estimate of drug-likeness (QED) is 0.843. The Bertz CT molecular complexity index is 576. The first-order chi connectivity index (χ1) is 11.6. The molecule has 2 N–H and O–H groups in total. The van der Waals surface area contributed by atoms with E-state index in [4.69, 9.17) is 0 Å². The number of anilines is 1. The summed E-state index contributed by atoms with van der Waals surface area (Å²) in [4.78, 5) is 28.8. The monoisotopic (exact) mass is 366 g/mol. The summed E-state index contributed by atoms with van der Waals surface area (Å²) in [5.41, 5.74) is 0.801. The van der Waals surface area contributed by atoms with E-state index in [1.54, 1.807) is 4.90 Å². The van der Waals surface area contributed by atoms with E-state index in [9.17, 15) is 9.59 Å². The van der Waals surface area contributed by atoms with Gasteiger partial charge in [-0.2, -0.15) is 0 Å². The summed E-state index contributed by atoms with van der Waals surface area (Å²) in [6, 6.07) is 9.64. The Hall–Kier alpha value is -1.79. The van der Waals surface area contributed by atoms with Crippen LogP contribution in [0.4, 0.5) is 10.5 Å². The minimum Gasteiger partial charge on any atom is -0.337 e. The Morgan fingerprint density at radius 2 is 1.80 bits per heavy atom. The van der Waals surface area contributed by atoms with E-state index in [2.05, 4.69) is 17.6 Å². The Morgan fingerprint density at radius 1 is 1.12 bits per heavy atom. The Balaban J connectivity index is 0.00000225. The van der Waals surface area contributed by atoms with Gasteiger partial charge in [-0.25, -0.2) is 4.79 Å². The van der Waals surface area contributed by atoms with E-state index in [1.165, 1.54) is 0 Å². The Kier molecular flexibility index (Phi) is 7.08. The van der Waals surface area contributed by atoms with Crippen molar-refractivity contribution in [3.63, 3.8) is 0 Å². The maximum atomic E-state index is 12.7. The molecule has 2 fully saturated rings. The minimum absolute atomic E-state index is 0. The highest BCUT2D eigenvalue weighted by molar-refractivity contribution is 5.89. The van der Waals surface area contributed by atoms with Crippen molar-refractivity contribution in [2.45, 2.75) is 25.8 Å². The molecule has 25 heavy (non-hydrogen) atoms. The molecule has 3 rings (SSSR count). The van der Waals surface area contributed by atoms with Gasteiger partial charge in [0.25, 0.3) is 0 Å². The van der Waals surface area contributed by atoms with Gasteiger partial charge in [0.1, 0.15) is 0 Å². The van der Waals surface area contributed by atoms with Gasteiger partial charge in [0.15, 0.2) is 0 Å². The molecule has 0 unspecified atom stereocenters. The molecule has 0 aliphatic carbocycles. The van der Waals surface area contributed by atoms with Gasteiger partial charge in [-0.1, -0.05) is 18.2 Å². The molecule has 138 valence electrons. The lowest BCUT2D eigenvalue weighted by atomic mass is 9.94. The number of piperazine rings is 1. The topological polar surface area (TPSA) is 64.7 Å². The summed E-state index contributed by atoms with van der Waals surface area (Å²) >= 11 is 0. The summed E-state index contributed by atoms with van der Waals surface area (Å²) in [6.45, 7) is 5.88. The number of likely N-dealkylation sites (tertiary alicyclic amines) is 1. The van der Waals surface area contributed by atoms with Gasteiger partial charge < -0.3 is 20.4 Å². The van der Waals surface area contributed by atoms with E-state index in [0.717, 1.165) is 38.2 Å². The SMILES string of the molecule is C[C@@H]1CNCCN1C(=O)C1CCN(C(=O)Nc2ccccc2)CC1.Cl. The maximum absolute atomic E-state index is 12.7. The number of urea groups is 1. The van der Waals surface area contributed by atoms with E-state index >= 15 is 0 Å². The van der Waals surface area contributed by atoms with E-state index in [-0.39, 0.29) is 36.3 Å². The third-order valence-corrected chi connectivity index (χ3v) is 4.94. The fourth-order valence-corrected chi connectivity index (χ4v) is 3.46. The molecule has 2 heterocycles. The third kappa shape index (κ3) is 4.86. The Labute approximate surface area is 155 Å². The van der Waals surface area contributed by atoms with Crippen molar-refractivity contribution in [1.29, 1.82) is 0 Å². The number of hydrogen-bond donors (Lipinski definition) is 2. The van der Waals surface area contributed by atoms with E-state index < -0.39 is 0 Å². The van der Waals surface area contributed by atoms with E-state index in [0.29, 0.717) is 13.1 Å². The molecule has 6 nitrogen and oxygen atoms in total. The van der Waals surface area contributed by atoms with Crippen LogP contribution < -0.4 is 10.6 Å². The standard InChI is InChI=1S/C18H26N4O2.ClH/c1-14-13-19-9-12-22(14)17(23)15-7-10-21(11-8-15)18(24)20-16-5-3-2-4-6-16;/h2-6,14-15,19H,7-13H2,1H3,(H,20,24);1H/t14-;/m1./s1. The zero-order valence-corrected chi connectivity index (χ0v) is 15.4. The first-order valence-corrected chi connectivity index (χ1v) is 8.77. The van der Waals surface area contributed by atoms with Crippen LogP contribution in [-0.2, 0) is 4.79 Å². The molecule has 0 aromatic heterocycles. The molecule has 1 aromatic carbocycles. The smallest absolute Gasteiger partial charge is 0.321 e. The molecule has 0 saturated carbocycles. The van der Waals surface area contributed by atoms with Crippen molar-refractivity contribution in [3.8, 4) is 0 Å².